The number of carbonyl (C=O) groups excluding carboxylic acids is 2. The Hall–Kier alpha value is -3.52. The van der Waals surface area contributed by atoms with Crippen molar-refractivity contribution in [2.75, 3.05) is 41.6 Å². The van der Waals surface area contributed by atoms with Crippen LogP contribution in [0.15, 0.2) is 48.0 Å². The maximum absolute atomic E-state index is 13.1. The number of rotatable bonds is 8. The van der Waals surface area contributed by atoms with Crippen LogP contribution in [0.25, 0.3) is 5.76 Å². The van der Waals surface area contributed by atoms with E-state index in [9.17, 15) is 14.7 Å². The van der Waals surface area contributed by atoms with Gasteiger partial charge in [0.05, 0.1) is 39.6 Å². The van der Waals surface area contributed by atoms with Crippen LogP contribution in [0.3, 0.4) is 0 Å². The van der Waals surface area contributed by atoms with Crippen LogP contribution in [0, 0.1) is 0 Å². The van der Waals surface area contributed by atoms with E-state index in [-0.39, 0.29) is 30.0 Å². The third-order valence-electron chi connectivity index (χ3n) is 5.15. The summed E-state index contributed by atoms with van der Waals surface area (Å²) >= 11 is 0. The van der Waals surface area contributed by atoms with Crippen molar-refractivity contribution < 1.29 is 33.6 Å². The first kappa shape index (κ1) is 22.2. The second kappa shape index (κ2) is 9.53. The first-order valence-electron chi connectivity index (χ1n) is 9.61. The molecule has 2 aromatic rings. The summed E-state index contributed by atoms with van der Waals surface area (Å²) in [6, 6.07) is 11.2. The van der Waals surface area contributed by atoms with E-state index in [0.717, 1.165) is 0 Å². The number of ketones is 1. The minimum Gasteiger partial charge on any atom is -0.506 e. The van der Waals surface area contributed by atoms with Crippen molar-refractivity contribution in [1.29, 1.82) is 0 Å². The van der Waals surface area contributed by atoms with Crippen LogP contribution in [0.5, 0.6) is 17.2 Å². The molecule has 31 heavy (non-hydrogen) atoms. The molecule has 1 heterocycles. The van der Waals surface area contributed by atoms with Gasteiger partial charge in [-0.2, -0.15) is 0 Å². The molecule has 164 valence electrons. The molecule has 8 heteroatoms. The standard InChI is InChI=1S/C23H25NO7/c1-28-12-11-24-20(14-7-5-8-15(13-14)29-2)19(22(26)23(24)27)21(25)18-16(30-3)9-6-10-17(18)31-4/h5-10,13,20,25H,11-12H2,1-4H3/b21-19+. The Balaban J connectivity index is 2.27. The van der Waals surface area contributed by atoms with Gasteiger partial charge in [0.1, 0.15) is 28.6 Å². The number of amides is 1. The number of aliphatic hydroxyl groups is 1. The number of likely N-dealkylation sites (tertiary alicyclic amines) is 1. The van der Waals surface area contributed by atoms with Crippen molar-refractivity contribution in [3.8, 4) is 17.2 Å². The normalized spacial score (nSPS) is 17.7. The van der Waals surface area contributed by atoms with Gasteiger partial charge in [-0.05, 0) is 29.8 Å². The predicted octanol–water partition coefficient (Wildman–Crippen LogP) is 2.78. The molecule has 0 bridgehead atoms. The third-order valence-corrected chi connectivity index (χ3v) is 5.15. The van der Waals surface area contributed by atoms with E-state index in [1.807, 2.05) is 0 Å². The lowest BCUT2D eigenvalue weighted by Crippen LogP contribution is -2.32. The summed E-state index contributed by atoms with van der Waals surface area (Å²) in [7, 11) is 5.93. The number of Topliss-reactive ketones (excluding diaryl/α,β-unsaturated/α-hetero) is 1. The molecule has 1 fully saturated rings. The molecule has 0 aromatic heterocycles. The minimum absolute atomic E-state index is 0.0582. The molecular formula is C23H25NO7. The smallest absolute Gasteiger partial charge is 0.295 e. The number of hydrogen-bond acceptors (Lipinski definition) is 7. The first-order chi connectivity index (χ1) is 15.0. The molecule has 1 N–H and O–H groups in total. The van der Waals surface area contributed by atoms with E-state index >= 15 is 0 Å². The maximum Gasteiger partial charge on any atom is 0.295 e. The quantitative estimate of drug-likeness (QED) is 0.393. The molecule has 1 aliphatic heterocycles. The van der Waals surface area contributed by atoms with Crippen LogP contribution in [0.2, 0.25) is 0 Å². The van der Waals surface area contributed by atoms with Crippen molar-refractivity contribution in [2.45, 2.75) is 6.04 Å². The molecule has 1 saturated heterocycles. The van der Waals surface area contributed by atoms with Gasteiger partial charge in [-0.15, -0.1) is 0 Å². The molecule has 8 nitrogen and oxygen atoms in total. The Morgan fingerprint density at radius 2 is 1.61 bits per heavy atom. The summed E-state index contributed by atoms with van der Waals surface area (Å²) in [5, 5.41) is 11.3. The lowest BCUT2D eigenvalue weighted by atomic mass is 9.94. The van der Waals surface area contributed by atoms with Gasteiger partial charge in [0, 0.05) is 13.7 Å². The molecule has 1 unspecified atom stereocenters. The summed E-state index contributed by atoms with van der Waals surface area (Å²) in [5.74, 6) is -0.714. The Morgan fingerprint density at radius 1 is 0.968 bits per heavy atom. The fourth-order valence-corrected chi connectivity index (χ4v) is 3.68. The number of aliphatic hydroxyl groups excluding tert-OH is 1. The van der Waals surface area contributed by atoms with Gasteiger partial charge in [-0.3, -0.25) is 9.59 Å². The van der Waals surface area contributed by atoms with Crippen molar-refractivity contribution in [3.63, 3.8) is 0 Å². The van der Waals surface area contributed by atoms with Crippen molar-refractivity contribution in [3.05, 3.63) is 59.2 Å². The Labute approximate surface area is 180 Å². The molecule has 2 aromatic carbocycles. The van der Waals surface area contributed by atoms with Crippen LogP contribution in [0.4, 0.5) is 0 Å². The summed E-state index contributed by atoms with van der Waals surface area (Å²) in [5.41, 5.74) is 0.757. The van der Waals surface area contributed by atoms with Gasteiger partial charge >= 0.3 is 0 Å². The zero-order valence-electron chi connectivity index (χ0n) is 17.9. The molecular weight excluding hydrogens is 402 g/mol. The number of ether oxygens (including phenoxy) is 4. The second-order valence-corrected chi connectivity index (χ2v) is 6.80. The highest BCUT2D eigenvalue weighted by atomic mass is 16.5. The lowest BCUT2D eigenvalue weighted by Gasteiger charge is -2.25. The third kappa shape index (κ3) is 4.06. The van der Waals surface area contributed by atoms with Crippen molar-refractivity contribution >= 4 is 17.4 Å². The van der Waals surface area contributed by atoms with E-state index in [1.165, 1.54) is 33.3 Å². The van der Waals surface area contributed by atoms with Crippen LogP contribution >= 0.6 is 0 Å². The maximum atomic E-state index is 13.1. The average Bonchev–Trinajstić information content (AvgIpc) is 3.06. The largest absolute Gasteiger partial charge is 0.506 e. The van der Waals surface area contributed by atoms with Gasteiger partial charge in [0.15, 0.2) is 0 Å². The van der Waals surface area contributed by atoms with Crippen LogP contribution < -0.4 is 14.2 Å². The van der Waals surface area contributed by atoms with Gasteiger partial charge in [0.25, 0.3) is 11.7 Å². The summed E-state index contributed by atoms with van der Waals surface area (Å²) in [4.78, 5) is 27.3. The monoisotopic (exact) mass is 427 g/mol. The van der Waals surface area contributed by atoms with E-state index in [2.05, 4.69) is 0 Å². The molecule has 0 aliphatic carbocycles. The van der Waals surface area contributed by atoms with Crippen molar-refractivity contribution in [1.82, 2.24) is 4.90 Å². The van der Waals surface area contributed by atoms with E-state index in [1.54, 1.807) is 42.5 Å². The summed E-state index contributed by atoms with van der Waals surface area (Å²) < 4.78 is 21.2. The molecule has 0 radical (unpaired) electrons. The average molecular weight is 427 g/mol. The molecule has 1 amide bonds. The topological polar surface area (TPSA) is 94.5 Å². The predicted molar refractivity (Wildman–Crippen MR) is 113 cm³/mol. The fourth-order valence-electron chi connectivity index (χ4n) is 3.68. The summed E-state index contributed by atoms with van der Waals surface area (Å²) in [6.07, 6.45) is 0. The van der Waals surface area contributed by atoms with Gasteiger partial charge in [-0.1, -0.05) is 18.2 Å². The highest BCUT2D eigenvalue weighted by Crippen LogP contribution is 2.43. The van der Waals surface area contributed by atoms with E-state index < -0.39 is 17.7 Å². The lowest BCUT2D eigenvalue weighted by molar-refractivity contribution is -0.140. The van der Waals surface area contributed by atoms with E-state index in [0.29, 0.717) is 22.8 Å². The van der Waals surface area contributed by atoms with Crippen molar-refractivity contribution in [2.24, 2.45) is 0 Å². The highest BCUT2D eigenvalue weighted by Gasteiger charge is 2.46. The van der Waals surface area contributed by atoms with Gasteiger partial charge in [0.2, 0.25) is 0 Å². The Kier molecular flexibility index (Phi) is 6.81. The zero-order valence-corrected chi connectivity index (χ0v) is 17.9. The molecule has 1 aliphatic rings. The van der Waals surface area contributed by atoms with Gasteiger partial charge in [-0.25, -0.2) is 0 Å². The second-order valence-electron chi connectivity index (χ2n) is 6.80. The Morgan fingerprint density at radius 3 is 2.19 bits per heavy atom. The minimum atomic E-state index is -0.833. The molecule has 0 saturated carbocycles. The number of nitrogens with zero attached hydrogens (tertiary/aromatic N) is 1. The van der Waals surface area contributed by atoms with Crippen LogP contribution in [-0.4, -0.2) is 63.3 Å². The van der Waals surface area contributed by atoms with Gasteiger partial charge < -0.3 is 29.0 Å². The number of hydrogen-bond donors (Lipinski definition) is 1. The van der Waals surface area contributed by atoms with E-state index in [4.69, 9.17) is 18.9 Å². The fraction of sp³-hybridized carbons (Fsp3) is 0.304. The first-order valence-corrected chi connectivity index (χ1v) is 9.61. The SMILES string of the molecule is COCCN1C(=O)C(=O)/C(=C(/O)c2c(OC)cccc2OC)C1c1cccc(OC)c1. The van der Waals surface area contributed by atoms with Crippen LogP contribution in [-0.2, 0) is 14.3 Å². The number of methoxy groups -OCH3 is 4. The number of benzene rings is 2. The highest BCUT2D eigenvalue weighted by molar-refractivity contribution is 6.46. The molecule has 0 spiro atoms. The summed E-state index contributed by atoms with van der Waals surface area (Å²) in [6.45, 7) is 0.397. The van der Waals surface area contributed by atoms with Crippen LogP contribution in [0.1, 0.15) is 17.2 Å². The Bertz CT molecular complexity index is 992. The number of carbonyl (C=O) groups is 2. The zero-order chi connectivity index (χ0) is 22.5. The molecule has 1 atom stereocenters. The molecule has 3 rings (SSSR count).